The predicted octanol–water partition coefficient (Wildman–Crippen LogP) is 3.55. The maximum Gasteiger partial charge on any atom is 0.254 e. The Morgan fingerprint density at radius 3 is 2.70 bits per heavy atom. The molecule has 1 amide bonds. The van der Waals surface area contributed by atoms with Gasteiger partial charge < -0.3 is 9.32 Å². The van der Waals surface area contributed by atoms with Gasteiger partial charge in [0.25, 0.3) is 5.91 Å². The molecule has 0 saturated heterocycles. The summed E-state index contributed by atoms with van der Waals surface area (Å²) in [5.41, 5.74) is 3.18. The second kappa shape index (κ2) is 6.68. The van der Waals surface area contributed by atoms with Crippen molar-refractivity contribution < 1.29 is 9.21 Å². The number of amides is 1. The van der Waals surface area contributed by atoms with Gasteiger partial charge >= 0.3 is 0 Å². The minimum absolute atomic E-state index is 0.0747. The summed E-state index contributed by atoms with van der Waals surface area (Å²) in [6, 6.07) is 15.1. The van der Waals surface area contributed by atoms with Crippen LogP contribution in [0, 0.1) is 6.92 Å². The third-order valence-electron chi connectivity index (χ3n) is 4.80. The molecule has 136 valence electrons. The fourth-order valence-electron chi connectivity index (χ4n) is 3.10. The van der Waals surface area contributed by atoms with Crippen molar-refractivity contribution in [1.82, 2.24) is 25.1 Å². The Kier molecular flexibility index (Phi) is 4.19. The average Bonchev–Trinajstić information content (AvgIpc) is 3.35. The molecule has 4 rings (SSSR count). The monoisotopic (exact) mass is 361 g/mol. The summed E-state index contributed by atoms with van der Waals surface area (Å²) in [4.78, 5) is 14.6. The standard InChI is InChI=1S/C20H19N5O2/c1-13-10-16(8-9-17(13)25-12-21-22-23-25)20(26)24(3)14(2)19-11-15-6-4-5-7-18(15)27-19/h4-12,14H,1-3H3. The van der Waals surface area contributed by atoms with Crippen molar-refractivity contribution in [2.45, 2.75) is 19.9 Å². The zero-order chi connectivity index (χ0) is 19.0. The van der Waals surface area contributed by atoms with Gasteiger partial charge in [0.15, 0.2) is 0 Å². The topological polar surface area (TPSA) is 77.0 Å². The van der Waals surface area contributed by atoms with E-state index < -0.39 is 0 Å². The van der Waals surface area contributed by atoms with Crippen molar-refractivity contribution in [2.24, 2.45) is 0 Å². The number of tetrazole rings is 1. The number of carbonyl (C=O) groups excluding carboxylic acids is 1. The lowest BCUT2D eigenvalue weighted by atomic mass is 10.1. The van der Waals surface area contributed by atoms with E-state index in [1.54, 1.807) is 22.7 Å². The van der Waals surface area contributed by atoms with E-state index in [9.17, 15) is 4.79 Å². The van der Waals surface area contributed by atoms with Gasteiger partial charge in [-0.3, -0.25) is 4.79 Å². The Hall–Kier alpha value is -3.48. The molecule has 27 heavy (non-hydrogen) atoms. The third kappa shape index (κ3) is 3.08. The largest absolute Gasteiger partial charge is 0.459 e. The molecule has 0 aliphatic rings. The van der Waals surface area contributed by atoms with E-state index in [0.717, 1.165) is 28.0 Å². The second-order valence-corrected chi connectivity index (χ2v) is 6.53. The molecule has 2 aromatic heterocycles. The number of fused-ring (bicyclic) bond motifs is 1. The summed E-state index contributed by atoms with van der Waals surface area (Å²) < 4.78 is 7.48. The molecule has 2 aromatic carbocycles. The van der Waals surface area contributed by atoms with Gasteiger partial charge in [-0.1, -0.05) is 18.2 Å². The van der Waals surface area contributed by atoms with E-state index in [1.165, 1.54) is 6.33 Å². The Bertz CT molecular complexity index is 1070. The van der Waals surface area contributed by atoms with Crippen molar-refractivity contribution in [1.29, 1.82) is 0 Å². The minimum Gasteiger partial charge on any atom is -0.459 e. The molecule has 0 radical (unpaired) electrons. The number of aromatic nitrogens is 4. The Morgan fingerprint density at radius 2 is 2.00 bits per heavy atom. The fraction of sp³-hybridized carbons (Fsp3) is 0.200. The highest BCUT2D eigenvalue weighted by molar-refractivity contribution is 5.94. The predicted molar refractivity (Wildman–Crippen MR) is 101 cm³/mol. The summed E-state index contributed by atoms with van der Waals surface area (Å²) in [6.07, 6.45) is 1.53. The number of benzene rings is 2. The highest BCUT2D eigenvalue weighted by Crippen LogP contribution is 2.28. The van der Waals surface area contributed by atoms with E-state index in [2.05, 4.69) is 15.5 Å². The summed E-state index contributed by atoms with van der Waals surface area (Å²) in [5.74, 6) is 0.684. The van der Waals surface area contributed by atoms with Crippen LogP contribution < -0.4 is 0 Å². The van der Waals surface area contributed by atoms with Crippen LogP contribution in [0.2, 0.25) is 0 Å². The van der Waals surface area contributed by atoms with Gasteiger partial charge in [-0.15, -0.1) is 5.10 Å². The number of hydrogen-bond donors (Lipinski definition) is 0. The highest BCUT2D eigenvalue weighted by Gasteiger charge is 2.22. The lowest BCUT2D eigenvalue weighted by Crippen LogP contribution is -2.29. The summed E-state index contributed by atoms with van der Waals surface area (Å²) in [7, 11) is 1.78. The second-order valence-electron chi connectivity index (χ2n) is 6.53. The zero-order valence-electron chi connectivity index (χ0n) is 15.3. The van der Waals surface area contributed by atoms with E-state index in [0.29, 0.717) is 5.56 Å². The molecule has 0 aliphatic heterocycles. The van der Waals surface area contributed by atoms with Crippen LogP contribution in [0.4, 0.5) is 0 Å². The number of rotatable bonds is 4. The number of carbonyl (C=O) groups is 1. The number of nitrogens with zero attached hydrogens (tertiary/aromatic N) is 5. The Labute approximate surface area is 156 Å². The van der Waals surface area contributed by atoms with Crippen molar-refractivity contribution >= 4 is 16.9 Å². The van der Waals surface area contributed by atoms with E-state index in [1.807, 2.05) is 56.3 Å². The number of furan rings is 1. The van der Waals surface area contributed by atoms with Crippen LogP contribution >= 0.6 is 0 Å². The first kappa shape index (κ1) is 17.0. The summed E-state index contributed by atoms with van der Waals surface area (Å²) in [5, 5.41) is 12.2. The molecule has 0 fully saturated rings. The molecule has 0 spiro atoms. The molecule has 0 N–H and O–H groups in total. The number of hydrogen-bond acceptors (Lipinski definition) is 5. The van der Waals surface area contributed by atoms with Crippen molar-refractivity contribution in [3.05, 3.63) is 71.7 Å². The third-order valence-corrected chi connectivity index (χ3v) is 4.80. The Morgan fingerprint density at radius 1 is 1.19 bits per heavy atom. The van der Waals surface area contributed by atoms with E-state index >= 15 is 0 Å². The van der Waals surface area contributed by atoms with Gasteiger partial charge in [0, 0.05) is 18.0 Å². The smallest absolute Gasteiger partial charge is 0.254 e. The molecule has 0 saturated carbocycles. The van der Waals surface area contributed by atoms with Crippen LogP contribution in [0.5, 0.6) is 0 Å². The maximum absolute atomic E-state index is 13.0. The van der Waals surface area contributed by atoms with Gasteiger partial charge in [0.2, 0.25) is 0 Å². The fourth-order valence-corrected chi connectivity index (χ4v) is 3.10. The molecule has 7 nitrogen and oxygen atoms in total. The van der Waals surface area contributed by atoms with Gasteiger partial charge in [-0.2, -0.15) is 0 Å². The van der Waals surface area contributed by atoms with Crippen LogP contribution in [0.15, 0.2) is 59.3 Å². The van der Waals surface area contributed by atoms with Crippen molar-refractivity contribution in [3.63, 3.8) is 0 Å². The van der Waals surface area contributed by atoms with Crippen LogP contribution in [0.25, 0.3) is 16.7 Å². The lowest BCUT2D eigenvalue weighted by Gasteiger charge is -2.23. The number of para-hydroxylation sites is 1. The van der Waals surface area contributed by atoms with Crippen LogP contribution in [-0.2, 0) is 0 Å². The normalized spacial score (nSPS) is 12.3. The molecule has 7 heteroatoms. The Balaban J connectivity index is 1.59. The molecule has 0 aliphatic carbocycles. The maximum atomic E-state index is 13.0. The highest BCUT2D eigenvalue weighted by atomic mass is 16.3. The first-order valence-corrected chi connectivity index (χ1v) is 8.64. The minimum atomic E-state index is -0.190. The van der Waals surface area contributed by atoms with E-state index in [4.69, 9.17) is 4.42 Å². The number of aryl methyl sites for hydroxylation is 1. The summed E-state index contributed by atoms with van der Waals surface area (Å²) in [6.45, 7) is 3.88. The SMILES string of the molecule is Cc1cc(C(=O)N(C)C(C)c2cc3ccccc3o2)ccc1-n1cnnn1. The zero-order valence-corrected chi connectivity index (χ0v) is 15.3. The molecule has 0 bridgehead atoms. The molecule has 2 heterocycles. The molecule has 1 atom stereocenters. The van der Waals surface area contributed by atoms with Crippen molar-refractivity contribution in [3.8, 4) is 5.69 Å². The molecular formula is C20H19N5O2. The van der Waals surface area contributed by atoms with Crippen LogP contribution in [-0.4, -0.2) is 38.1 Å². The molecule has 1 unspecified atom stereocenters. The van der Waals surface area contributed by atoms with Crippen LogP contribution in [0.3, 0.4) is 0 Å². The molecular weight excluding hydrogens is 342 g/mol. The first-order chi connectivity index (χ1) is 13.0. The van der Waals surface area contributed by atoms with Gasteiger partial charge in [-0.25, -0.2) is 4.68 Å². The quantitative estimate of drug-likeness (QED) is 0.555. The van der Waals surface area contributed by atoms with Gasteiger partial charge in [0.1, 0.15) is 17.7 Å². The van der Waals surface area contributed by atoms with Gasteiger partial charge in [-0.05, 0) is 60.2 Å². The summed E-state index contributed by atoms with van der Waals surface area (Å²) >= 11 is 0. The van der Waals surface area contributed by atoms with Gasteiger partial charge in [0.05, 0.1) is 11.7 Å². The average molecular weight is 361 g/mol. The van der Waals surface area contributed by atoms with E-state index in [-0.39, 0.29) is 11.9 Å². The first-order valence-electron chi connectivity index (χ1n) is 8.64. The molecule has 4 aromatic rings. The van der Waals surface area contributed by atoms with Crippen molar-refractivity contribution in [2.75, 3.05) is 7.05 Å². The van der Waals surface area contributed by atoms with Crippen LogP contribution in [0.1, 0.15) is 34.6 Å². The lowest BCUT2D eigenvalue weighted by molar-refractivity contribution is 0.0727.